The molecule has 0 amide bonds. The summed E-state index contributed by atoms with van der Waals surface area (Å²) in [7, 11) is -7.82. The van der Waals surface area contributed by atoms with Gasteiger partial charge in [-0.05, 0) is 79.4 Å². The molecule has 0 saturated heterocycles. The van der Waals surface area contributed by atoms with Gasteiger partial charge >= 0.3 is 71.6 Å². The molecular weight excluding hydrogens is 1100 g/mol. The molecular formula is C46H32F26Si2. The maximum absolute atomic E-state index is 14.9. The number of benzene rings is 5. The monoisotopic (exact) mass is 1130 g/mol. The average Bonchev–Trinajstić information content (AvgIpc) is 3.26. The number of hydrogen-bond donors (Lipinski definition) is 0. The lowest BCUT2D eigenvalue weighted by Gasteiger charge is -2.40. The maximum Gasteiger partial charge on any atom is 0.460 e. The Morgan fingerprint density at radius 3 is 0.757 bits per heavy atom. The Bertz CT molecular complexity index is 2780. The van der Waals surface area contributed by atoms with Crippen molar-refractivity contribution in [2.75, 3.05) is 0 Å². The van der Waals surface area contributed by atoms with Gasteiger partial charge in [-0.2, -0.15) is 114 Å². The fraction of sp³-hybridized carbons (Fsp3) is 0.435. The van der Waals surface area contributed by atoms with Gasteiger partial charge in [-0.3, -0.25) is 0 Å². The molecule has 0 unspecified atom stereocenters. The van der Waals surface area contributed by atoms with Gasteiger partial charge in [0, 0.05) is 24.0 Å². The van der Waals surface area contributed by atoms with E-state index in [1.807, 2.05) is 0 Å². The highest BCUT2D eigenvalue weighted by Gasteiger charge is 2.92. The predicted molar refractivity (Wildman–Crippen MR) is 226 cm³/mol. The quantitative estimate of drug-likeness (QED) is 0.0450. The van der Waals surface area contributed by atoms with Gasteiger partial charge < -0.3 is 0 Å². The minimum atomic E-state index is -8.10. The molecule has 0 radical (unpaired) electrons. The Hall–Kier alpha value is -5.13. The third-order valence-corrected chi connectivity index (χ3v) is 16.6. The lowest BCUT2D eigenvalue weighted by Crippen LogP contribution is -2.70. The molecule has 5 aromatic rings. The molecule has 0 aromatic heterocycles. The number of fused-ring (bicyclic) bond motifs is 4. The normalized spacial score (nSPS) is 14.9. The first kappa shape index (κ1) is 59.7. The molecule has 0 aliphatic carbocycles. The molecule has 5 aromatic carbocycles. The minimum Gasteiger partial charge on any atom is -0.200 e. The van der Waals surface area contributed by atoms with Gasteiger partial charge in [0.05, 0.1) is 0 Å². The Kier molecular flexibility index (Phi) is 14.8. The van der Waals surface area contributed by atoms with Crippen LogP contribution in [0.5, 0.6) is 0 Å². The van der Waals surface area contributed by atoms with Crippen molar-refractivity contribution in [3.63, 3.8) is 0 Å². The van der Waals surface area contributed by atoms with E-state index < -0.39 is 113 Å². The smallest absolute Gasteiger partial charge is 0.200 e. The van der Waals surface area contributed by atoms with Crippen molar-refractivity contribution in [3.05, 3.63) is 83.9 Å². The highest BCUT2D eigenvalue weighted by atomic mass is 28.3. The van der Waals surface area contributed by atoms with E-state index >= 15 is 0 Å². The van der Waals surface area contributed by atoms with Crippen LogP contribution in [0.1, 0.15) is 24.0 Å². The lowest BCUT2D eigenvalue weighted by atomic mass is 9.89. The third-order valence-electron chi connectivity index (χ3n) is 12.0. The number of hydrogen-bond acceptors (Lipinski definition) is 0. The fourth-order valence-electron chi connectivity index (χ4n) is 7.31. The third kappa shape index (κ3) is 9.71. The van der Waals surface area contributed by atoms with E-state index in [1.165, 1.54) is 24.3 Å². The zero-order chi connectivity index (χ0) is 56.9. The molecule has 74 heavy (non-hydrogen) atoms. The summed E-state index contributed by atoms with van der Waals surface area (Å²) in [6.45, 7) is 4.30. The van der Waals surface area contributed by atoms with Crippen LogP contribution in [0.4, 0.5) is 114 Å². The van der Waals surface area contributed by atoms with Gasteiger partial charge in [-0.1, -0.05) is 86.6 Å². The first-order valence-corrected chi connectivity index (χ1v) is 27.2. The van der Waals surface area contributed by atoms with Crippen molar-refractivity contribution >= 4 is 59.2 Å². The molecule has 0 N–H and O–H groups in total. The molecule has 0 saturated carbocycles. The van der Waals surface area contributed by atoms with E-state index in [9.17, 15) is 114 Å². The van der Waals surface area contributed by atoms with Gasteiger partial charge in [0.1, 0.15) is 16.1 Å². The molecule has 5 rings (SSSR count). The van der Waals surface area contributed by atoms with Crippen LogP contribution in [0.25, 0.3) is 43.1 Å². The molecule has 0 aliphatic rings. The summed E-state index contributed by atoms with van der Waals surface area (Å²) in [6.07, 6.45) is -20.2. The van der Waals surface area contributed by atoms with E-state index in [1.54, 1.807) is 48.5 Å². The van der Waals surface area contributed by atoms with Crippen LogP contribution in [-0.2, 0) is 0 Å². The molecule has 0 aliphatic heterocycles. The van der Waals surface area contributed by atoms with Gasteiger partial charge in [0.2, 0.25) is 0 Å². The number of rotatable bonds is 14. The summed E-state index contributed by atoms with van der Waals surface area (Å²) in [5.74, 6) is -70.4. The number of halogens is 26. The summed E-state index contributed by atoms with van der Waals surface area (Å²) >= 11 is 0. The molecule has 406 valence electrons. The summed E-state index contributed by atoms with van der Waals surface area (Å²) in [5, 5.41) is 2.13. The Morgan fingerprint density at radius 1 is 0.324 bits per heavy atom. The van der Waals surface area contributed by atoms with Gasteiger partial charge in [-0.25, -0.2) is 0 Å². The zero-order valence-electron chi connectivity index (χ0n) is 37.6. The average molecular weight is 1130 g/mol. The van der Waals surface area contributed by atoms with Crippen LogP contribution >= 0.6 is 0 Å². The van der Waals surface area contributed by atoms with E-state index in [2.05, 4.69) is 22.9 Å². The second kappa shape index (κ2) is 18.3. The second-order valence-electron chi connectivity index (χ2n) is 18.5. The molecule has 0 nitrogen and oxygen atoms in total. The van der Waals surface area contributed by atoms with Crippen LogP contribution in [0.3, 0.4) is 0 Å². The zero-order valence-corrected chi connectivity index (χ0v) is 39.6. The van der Waals surface area contributed by atoms with Crippen molar-refractivity contribution < 1.29 is 114 Å². The van der Waals surface area contributed by atoms with Crippen molar-refractivity contribution in [1.29, 1.82) is 0 Å². The Morgan fingerprint density at radius 2 is 0.541 bits per heavy atom. The van der Waals surface area contributed by atoms with Gasteiger partial charge in [0.15, 0.2) is 0 Å². The van der Waals surface area contributed by atoms with Crippen molar-refractivity contribution in [2.24, 2.45) is 0 Å². The maximum atomic E-state index is 14.9. The summed E-state index contributed by atoms with van der Waals surface area (Å²) in [4.78, 5) is 0. The van der Waals surface area contributed by atoms with E-state index in [0.717, 1.165) is 26.2 Å². The predicted octanol–water partition coefficient (Wildman–Crippen LogP) is 17.8. The first-order chi connectivity index (χ1) is 33.0. The highest BCUT2D eigenvalue weighted by molar-refractivity contribution is 6.85. The highest BCUT2D eigenvalue weighted by Crippen LogP contribution is 2.63. The number of alkyl halides is 26. The Labute approximate surface area is 402 Å². The van der Waals surface area contributed by atoms with Crippen LogP contribution in [-0.4, -0.2) is 87.7 Å². The first-order valence-electron chi connectivity index (χ1n) is 20.8. The van der Waals surface area contributed by atoms with E-state index in [-0.39, 0.29) is 32.7 Å². The van der Waals surface area contributed by atoms with Crippen molar-refractivity contribution in [2.45, 2.75) is 123 Å². The minimum absolute atomic E-state index is 0.0255. The fourth-order valence-corrected chi connectivity index (χ4v) is 10.4. The molecule has 0 heterocycles. The second-order valence-corrected chi connectivity index (χ2v) is 27.5. The largest absolute Gasteiger partial charge is 0.460 e. The van der Waals surface area contributed by atoms with Gasteiger partial charge in [-0.15, -0.1) is 11.1 Å². The molecule has 28 heteroatoms. The van der Waals surface area contributed by atoms with Gasteiger partial charge in [0.25, 0.3) is 0 Å². The topological polar surface area (TPSA) is 0 Å². The molecule has 0 spiro atoms. The SMILES string of the molecule is C[Si](C)(C#Cc1c2cc3ccccc3cc2c(C#C[Si](C)(C)CCC(F)(F)C(F)(F)C(F)(F)C(F)(F)C(F)(F)C(F)(F)F)c2cc3ccccc3cc12)CCC(F)(F)C(F)(F)C(F)(F)C(F)(F)C(F)(F)C(F)(F)F. The molecule has 0 bridgehead atoms. The van der Waals surface area contributed by atoms with Crippen molar-refractivity contribution in [3.8, 4) is 22.9 Å². The molecule has 0 fully saturated rings. The van der Waals surface area contributed by atoms with Crippen LogP contribution in [0, 0.1) is 22.9 Å². The van der Waals surface area contributed by atoms with Crippen LogP contribution in [0.15, 0.2) is 72.8 Å². The Balaban J connectivity index is 1.63. The standard InChI is InChI=1S/C46H32F26Si2/c1-73(2,19-15-35(47,48)37(51,52)39(55,56)41(59,60)43(63,64)45(67,68)69)17-13-29-31-21-25-9-5-7-11-27(25)23-33(31)30(34-24-28-12-8-6-10-26(28)22-32(29)34)14-18-74(3,4)20-16-36(49,50)38(53,54)40(57,58)42(61,62)44(65,66)46(70,71)72/h5-12,21-24H,15-16,19-20H2,1-4H3. The van der Waals surface area contributed by atoms with Crippen LogP contribution in [0.2, 0.25) is 38.3 Å². The summed E-state index contributed by atoms with van der Waals surface area (Å²) in [5.41, 5.74) is 5.14. The molecule has 0 atom stereocenters. The van der Waals surface area contributed by atoms with Crippen LogP contribution < -0.4 is 0 Å². The lowest BCUT2D eigenvalue weighted by molar-refractivity contribution is -0.440. The van der Waals surface area contributed by atoms with E-state index in [4.69, 9.17) is 0 Å². The summed E-state index contributed by atoms with van der Waals surface area (Å²) < 4.78 is 360. The van der Waals surface area contributed by atoms with E-state index in [0.29, 0.717) is 21.5 Å². The van der Waals surface area contributed by atoms with Crippen molar-refractivity contribution in [1.82, 2.24) is 0 Å². The summed E-state index contributed by atoms with van der Waals surface area (Å²) in [6, 6.07) is 15.7.